The molecule has 0 aliphatic carbocycles. The van der Waals surface area contributed by atoms with Crippen LogP contribution >= 0.6 is 11.6 Å². The maximum absolute atomic E-state index is 14.0. The Kier molecular flexibility index (Phi) is 13.0. The Morgan fingerprint density at radius 3 is 2.12 bits per heavy atom. The minimum atomic E-state index is -0.591. The lowest BCUT2D eigenvalue weighted by Gasteiger charge is -2.28. The van der Waals surface area contributed by atoms with Gasteiger partial charge in [0, 0.05) is 71.5 Å². The molecule has 1 unspecified atom stereocenters. The number of para-hydroxylation sites is 1. The number of amides is 3. The predicted octanol–water partition coefficient (Wildman–Crippen LogP) is 9.76. The number of H-pyrrole nitrogens is 1. The number of hydrogen-bond donors (Lipinski definition) is 3. The molecule has 1 saturated heterocycles. The molecule has 0 radical (unpaired) electrons. The van der Waals surface area contributed by atoms with Crippen LogP contribution in [-0.2, 0) is 33.9 Å². The lowest BCUT2D eigenvalue weighted by molar-refractivity contribution is -0.123. The summed E-state index contributed by atoms with van der Waals surface area (Å²) >= 11 is 6.04. The number of aromatic amines is 1. The molecule has 3 amide bonds. The van der Waals surface area contributed by atoms with Crippen molar-refractivity contribution >= 4 is 57.2 Å². The number of nitrogens with zero attached hydrogens (tertiary/aromatic N) is 5. The summed E-state index contributed by atoms with van der Waals surface area (Å²) in [5.41, 5.74) is 7.99. The molecule has 66 heavy (non-hydrogen) atoms. The zero-order chi connectivity index (χ0) is 45.6. The summed E-state index contributed by atoms with van der Waals surface area (Å²) in [6.07, 6.45) is 9.79. The van der Waals surface area contributed by atoms with E-state index in [2.05, 4.69) is 42.7 Å². The molecule has 5 heterocycles. The summed E-state index contributed by atoms with van der Waals surface area (Å²) in [5, 5.41) is 8.37. The lowest BCUT2D eigenvalue weighted by Crippen LogP contribution is -2.39. The average Bonchev–Trinajstić information content (AvgIpc) is 3.95. The van der Waals surface area contributed by atoms with Crippen molar-refractivity contribution in [2.24, 2.45) is 0 Å². The SMILES string of the molecule is O=C(Cc1cncc2ccccc12)N(Cc1cncc(F)c1)c1ccc(C2CNC2)cc1.O=C1Nc2ccccc2C1CC(=O)N(Cc1cc(F)cc(Cl)c1)c1ccc(-c2cnc[nH]2)cc1. The van der Waals surface area contributed by atoms with Gasteiger partial charge in [-0.25, -0.2) is 13.8 Å². The Morgan fingerprint density at radius 2 is 1.39 bits per heavy atom. The lowest BCUT2D eigenvalue weighted by atomic mass is 9.93. The molecule has 3 aromatic heterocycles. The standard InChI is InChI=1S/C26H20ClFN4O2.C26H23FN4O/c27-18-9-16(10-19(28)11-18)14-32(20-7-5-17(6-8-20)24-13-29-15-30-24)25(33)12-22-21-3-1-2-4-23(21)31-26(22)34;27-23-9-18(11-28-16-23)17-31(24-7-5-19(6-8-24)22-14-30-15-22)26(32)10-21-13-29-12-20-3-1-2-4-25(20)21/h1-11,13,15,22H,12,14H2,(H,29,30)(H,31,34);1-9,11-13,16,22,30H,10,14-15,17H2. The number of rotatable bonds is 12. The average molecular weight is 901 g/mol. The van der Waals surface area contributed by atoms with Crippen LogP contribution in [0.5, 0.6) is 0 Å². The molecule has 0 spiro atoms. The van der Waals surface area contributed by atoms with E-state index in [1.165, 1.54) is 30.0 Å². The molecule has 5 aromatic carbocycles. The smallest absolute Gasteiger partial charge is 0.232 e. The van der Waals surface area contributed by atoms with Crippen LogP contribution in [0, 0.1) is 11.6 Å². The van der Waals surface area contributed by atoms with E-state index in [0.717, 1.165) is 57.6 Å². The van der Waals surface area contributed by atoms with Gasteiger partial charge in [-0.15, -0.1) is 0 Å². The van der Waals surface area contributed by atoms with Crippen LogP contribution in [0.4, 0.5) is 25.8 Å². The number of hydrogen-bond acceptors (Lipinski definition) is 7. The van der Waals surface area contributed by atoms with Crippen molar-refractivity contribution < 1.29 is 23.2 Å². The Bertz CT molecular complexity index is 2990. The predicted molar refractivity (Wildman–Crippen MR) is 252 cm³/mol. The first-order valence-electron chi connectivity index (χ1n) is 21.4. The van der Waals surface area contributed by atoms with Gasteiger partial charge in [0.2, 0.25) is 17.7 Å². The number of imidazole rings is 1. The van der Waals surface area contributed by atoms with Crippen LogP contribution in [0.2, 0.25) is 5.02 Å². The van der Waals surface area contributed by atoms with Crippen LogP contribution < -0.4 is 20.4 Å². The maximum Gasteiger partial charge on any atom is 0.232 e. The number of carbonyl (C=O) groups is 3. The number of fused-ring (bicyclic) bond motifs is 2. The zero-order valence-corrected chi connectivity index (χ0v) is 36.3. The second kappa shape index (κ2) is 19.6. The summed E-state index contributed by atoms with van der Waals surface area (Å²) in [6.45, 7) is 2.30. The van der Waals surface area contributed by atoms with E-state index < -0.39 is 17.6 Å². The highest BCUT2D eigenvalue weighted by atomic mass is 35.5. The third kappa shape index (κ3) is 10.0. The van der Waals surface area contributed by atoms with Crippen molar-refractivity contribution in [3.63, 3.8) is 0 Å². The number of halogens is 3. The summed E-state index contributed by atoms with van der Waals surface area (Å²) < 4.78 is 27.7. The Morgan fingerprint density at radius 1 is 0.697 bits per heavy atom. The molecule has 14 heteroatoms. The van der Waals surface area contributed by atoms with Gasteiger partial charge in [-0.2, -0.15) is 0 Å². The van der Waals surface area contributed by atoms with Crippen molar-refractivity contribution in [3.05, 3.63) is 203 Å². The van der Waals surface area contributed by atoms with Crippen LogP contribution in [0.15, 0.2) is 159 Å². The van der Waals surface area contributed by atoms with E-state index in [1.807, 2.05) is 84.9 Å². The summed E-state index contributed by atoms with van der Waals surface area (Å²) in [4.78, 5) is 58.2. The van der Waals surface area contributed by atoms with E-state index >= 15 is 0 Å². The van der Waals surface area contributed by atoms with Crippen LogP contribution in [0.3, 0.4) is 0 Å². The third-order valence-corrected chi connectivity index (χ3v) is 12.0. The van der Waals surface area contributed by atoms with E-state index in [9.17, 15) is 23.2 Å². The zero-order valence-electron chi connectivity index (χ0n) is 35.5. The fourth-order valence-electron chi connectivity index (χ4n) is 8.28. The van der Waals surface area contributed by atoms with Gasteiger partial charge in [0.05, 0.1) is 49.8 Å². The first-order valence-corrected chi connectivity index (χ1v) is 21.8. The van der Waals surface area contributed by atoms with Crippen molar-refractivity contribution in [2.45, 2.75) is 37.8 Å². The van der Waals surface area contributed by atoms with Gasteiger partial charge >= 0.3 is 0 Å². The second-order valence-electron chi connectivity index (χ2n) is 16.2. The molecule has 10 rings (SSSR count). The summed E-state index contributed by atoms with van der Waals surface area (Å²) in [5.74, 6) is -1.52. The van der Waals surface area contributed by atoms with Gasteiger partial charge < -0.3 is 25.4 Å². The van der Waals surface area contributed by atoms with Gasteiger partial charge in [0.15, 0.2) is 0 Å². The molecule has 0 bridgehead atoms. The molecule has 330 valence electrons. The number of carbonyl (C=O) groups excluding carboxylic acids is 3. The first-order chi connectivity index (χ1) is 32.1. The highest BCUT2D eigenvalue weighted by molar-refractivity contribution is 6.30. The highest BCUT2D eigenvalue weighted by Crippen LogP contribution is 2.36. The molecule has 1 fully saturated rings. The van der Waals surface area contributed by atoms with E-state index in [4.69, 9.17) is 11.6 Å². The molecule has 2 aliphatic heterocycles. The van der Waals surface area contributed by atoms with Gasteiger partial charge in [-0.1, -0.05) is 78.3 Å². The molecule has 8 aromatic rings. The Balaban J connectivity index is 0.000000166. The minimum absolute atomic E-state index is 0.0196. The first kappa shape index (κ1) is 43.6. The molecular formula is C52H43ClF2N8O3. The number of aromatic nitrogens is 4. The van der Waals surface area contributed by atoms with Crippen LogP contribution in [0.1, 0.15) is 46.1 Å². The van der Waals surface area contributed by atoms with Crippen molar-refractivity contribution in [3.8, 4) is 11.3 Å². The number of pyridine rings is 2. The fourth-order valence-corrected chi connectivity index (χ4v) is 8.53. The molecular weight excluding hydrogens is 858 g/mol. The normalized spacial score (nSPS) is 14.1. The number of nitrogens with one attached hydrogen (secondary N) is 3. The number of benzene rings is 5. The fraction of sp³-hybridized carbons (Fsp3) is 0.154. The van der Waals surface area contributed by atoms with Gasteiger partial charge in [-0.3, -0.25) is 24.4 Å². The molecule has 2 aliphatic rings. The van der Waals surface area contributed by atoms with Crippen molar-refractivity contribution in [1.82, 2.24) is 25.3 Å². The van der Waals surface area contributed by atoms with E-state index in [0.29, 0.717) is 22.7 Å². The maximum atomic E-state index is 14.0. The number of anilines is 3. The highest BCUT2D eigenvalue weighted by Gasteiger charge is 2.34. The van der Waals surface area contributed by atoms with Crippen molar-refractivity contribution in [1.29, 1.82) is 0 Å². The van der Waals surface area contributed by atoms with Crippen LogP contribution in [0.25, 0.3) is 22.0 Å². The van der Waals surface area contributed by atoms with E-state index in [-0.39, 0.29) is 48.7 Å². The topological polar surface area (TPSA) is 136 Å². The van der Waals surface area contributed by atoms with Gasteiger partial charge in [0.1, 0.15) is 11.6 Å². The molecule has 1 atom stereocenters. The summed E-state index contributed by atoms with van der Waals surface area (Å²) in [7, 11) is 0. The largest absolute Gasteiger partial charge is 0.345 e. The Labute approximate surface area is 384 Å². The van der Waals surface area contributed by atoms with Gasteiger partial charge in [-0.05, 0) is 93.4 Å². The van der Waals surface area contributed by atoms with Gasteiger partial charge in [0.25, 0.3) is 0 Å². The van der Waals surface area contributed by atoms with E-state index in [1.54, 1.807) is 47.0 Å². The second-order valence-corrected chi connectivity index (χ2v) is 16.7. The molecule has 0 saturated carbocycles. The third-order valence-electron chi connectivity index (χ3n) is 11.8. The minimum Gasteiger partial charge on any atom is -0.345 e. The molecule has 3 N–H and O–H groups in total. The summed E-state index contributed by atoms with van der Waals surface area (Å²) in [6, 6.07) is 36.3. The monoisotopic (exact) mass is 900 g/mol. The quantitative estimate of drug-likeness (QED) is 0.111. The van der Waals surface area contributed by atoms with Crippen molar-refractivity contribution in [2.75, 3.05) is 28.2 Å². The molecule has 11 nitrogen and oxygen atoms in total. The van der Waals surface area contributed by atoms with Crippen LogP contribution in [-0.4, -0.2) is 50.7 Å². The Hall–Kier alpha value is -7.61.